The molecule has 0 bridgehead atoms. The van der Waals surface area contributed by atoms with Crippen molar-refractivity contribution >= 4 is 23.5 Å². The number of carbonyl (C=O) groups is 1. The summed E-state index contributed by atoms with van der Waals surface area (Å²) in [6.45, 7) is 0.455. The third-order valence-electron chi connectivity index (χ3n) is 6.74. The number of benzene rings is 1. The molecule has 41 heavy (non-hydrogen) atoms. The molecule has 0 radical (unpaired) electrons. The van der Waals surface area contributed by atoms with Crippen LogP contribution in [0.25, 0.3) is 28.2 Å². The summed E-state index contributed by atoms with van der Waals surface area (Å²) >= 11 is 6.31. The van der Waals surface area contributed by atoms with E-state index in [1.165, 1.54) is 18.1 Å². The van der Waals surface area contributed by atoms with Crippen molar-refractivity contribution in [3.8, 4) is 28.2 Å². The number of H-pyrrole nitrogens is 1. The lowest BCUT2D eigenvalue weighted by Gasteiger charge is -2.15. The van der Waals surface area contributed by atoms with Crippen LogP contribution >= 0.6 is 11.6 Å². The Kier molecular flexibility index (Phi) is 7.27. The highest BCUT2D eigenvalue weighted by atomic mass is 35.5. The predicted molar refractivity (Wildman–Crippen MR) is 149 cm³/mol. The fourth-order valence-corrected chi connectivity index (χ4v) is 5.05. The van der Waals surface area contributed by atoms with Crippen LogP contribution in [0.5, 0.6) is 0 Å². The van der Waals surface area contributed by atoms with Crippen LogP contribution in [0.1, 0.15) is 23.9 Å². The number of halogens is 1. The van der Waals surface area contributed by atoms with Gasteiger partial charge in [-0.05, 0) is 65.2 Å². The topological polar surface area (TPSA) is 155 Å². The van der Waals surface area contributed by atoms with Crippen LogP contribution in [-0.4, -0.2) is 66.1 Å². The number of ether oxygens (including phenoxy) is 2. The standard InChI is InChI=1S/C27H24ClN9O4/c1-40-8-9-41-27(39)33-24-7-2-16(13-29-24)26-30-14-21(32-26)23-6-4-19-10-17(11-25(38)37(19)23)20-12-18(28)3-5-22(20)36-15-31-34-35-36/h2-3,5,7,10-15,23H,4,6,8-9H2,1H3,(H,30,32)(H,29,33,39)/t23-/m0/s1. The Balaban J connectivity index is 1.22. The molecule has 4 aromatic heterocycles. The van der Waals surface area contributed by atoms with E-state index >= 15 is 0 Å². The van der Waals surface area contributed by atoms with E-state index in [9.17, 15) is 9.59 Å². The van der Waals surface area contributed by atoms with Gasteiger partial charge < -0.3 is 19.0 Å². The number of methoxy groups -OCH3 is 1. The Bertz CT molecular complexity index is 1750. The molecule has 0 spiro atoms. The average Bonchev–Trinajstić information content (AvgIpc) is 3.75. The van der Waals surface area contributed by atoms with E-state index in [2.05, 4.69) is 35.8 Å². The molecule has 1 atom stereocenters. The van der Waals surface area contributed by atoms with E-state index in [0.29, 0.717) is 35.4 Å². The minimum Gasteiger partial charge on any atom is -0.447 e. The van der Waals surface area contributed by atoms with Crippen molar-refractivity contribution in [2.45, 2.75) is 18.9 Å². The molecule has 1 amide bonds. The molecular weight excluding hydrogens is 550 g/mol. The first-order valence-corrected chi connectivity index (χ1v) is 13.1. The van der Waals surface area contributed by atoms with Gasteiger partial charge >= 0.3 is 6.09 Å². The summed E-state index contributed by atoms with van der Waals surface area (Å²) in [4.78, 5) is 37.4. The summed E-state index contributed by atoms with van der Waals surface area (Å²) in [5.41, 5.74) is 4.53. The maximum atomic E-state index is 13.4. The summed E-state index contributed by atoms with van der Waals surface area (Å²) in [5, 5.41) is 14.5. The van der Waals surface area contributed by atoms with Gasteiger partial charge in [0.05, 0.1) is 30.2 Å². The molecule has 2 N–H and O–H groups in total. The number of tetrazole rings is 1. The maximum absolute atomic E-state index is 13.4. The maximum Gasteiger partial charge on any atom is 0.412 e. The van der Waals surface area contributed by atoms with Crippen LogP contribution < -0.4 is 10.9 Å². The van der Waals surface area contributed by atoms with Gasteiger partial charge in [0.25, 0.3) is 5.56 Å². The van der Waals surface area contributed by atoms with Crippen LogP contribution in [0.4, 0.5) is 10.6 Å². The monoisotopic (exact) mass is 573 g/mol. The van der Waals surface area contributed by atoms with Crippen molar-refractivity contribution in [2.24, 2.45) is 0 Å². The first kappa shape index (κ1) is 26.3. The van der Waals surface area contributed by atoms with Gasteiger partial charge in [-0.1, -0.05) is 11.6 Å². The molecule has 0 saturated carbocycles. The molecule has 14 heteroatoms. The average molecular weight is 574 g/mol. The van der Waals surface area contributed by atoms with Gasteiger partial charge in [0.1, 0.15) is 24.6 Å². The molecule has 1 aliphatic heterocycles. The molecule has 0 aliphatic carbocycles. The second-order valence-corrected chi connectivity index (χ2v) is 9.72. The zero-order chi connectivity index (χ0) is 28.3. The molecule has 208 valence electrons. The van der Waals surface area contributed by atoms with Gasteiger partial charge in [-0.2, -0.15) is 4.68 Å². The van der Waals surface area contributed by atoms with Crippen LogP contribution in [0.2, 0.25) is 5.02 Å². The van der Waals surface area contributed by atoms with E-state index < -0.39 is 6.09 Å². The number of nitrogens with zero attached hydrogens (tertiary/aromatic N) is 7. The van der Waals surface area contributed by atoms with Gasteiger partial charge in [-0.15, -0.1) is 5.10 Å². The van der Waals surface area contributed by atoms with Crippen LogP contribution in [0, 0.1) is 0 Å². The summed E-state index contributed by atoms with van der Waals surface area (Å²) in [6.07, 6.45) is 5.67. The zero-order valence-corrected chi connectivity index (χ0v) is 22.6. The van der Waals surface area contributed by atoms with E-state index in [1.54, 1.807) is 47.3 Å². The number of imidazole rings is 1. The van der Waals surface area contributed by atoms with Crippen molar-refractivity contribution in [3.63, 3.8) is 0 Å². The minimum atomic E-state index is -0.613. The Morgan fingerprint density at radius 1 is 1.12 bits per heavy atom. The third kappa shape index (κ3) is 5.44. The van der Waals surface area contributed by atoms with Gasteiger partial charge in [0.2, 0.25) is 0 Å². The normalized spacial score (nSPS) is 14.1. The first-order valence-electron chi connectivity index (χ1n) is 12.7. The highest BCUT2D eigenvalue weighted by molar-refractivity contribution is 6.31. The van der Waals surface area contributed by atoms with Crippen molar-refractivity contribution in [1.82, 2.24) is 39.7 Å². The number of nitrogens with one attached hydrogen (secondary N) is 2. The molecule has 0 saturated heterocycles. The number of anilines is 1. The second kappa shape index (κ2) is 11.3. The number of aryl methyl sites for hydroxylation is 1. The summed E-state index contributed by atoms with van der Waals surface area (Å²) < 4.78 is 13.2. The summed E-state index contributed by atoms with van der Waals surface area (Å²) in [7, 11) is 1.53. The lowest BCUT2D eigenvalue weighted by molar-refractivity contribution is 0.107. The van der Waals surface area contributed by atoms with E-state index in [0.717, 1.165) is 34.5 Å². The molecule has 0 unspecified atom stereocenters. The van der Waals surface area contributed by atoms with Crippen molar-refractivity contribution in [2.75, 3.05) is 25.6 Å². The number of hydrogen-bond donors (Lipinski definition) is 2. The van der Waals surface area contributed by atoms with E-state index in [1.807, 2.05) is 12.1 Å². The number of pyridine rings is 2. The Hall–Kier alpha value is -4.88. The highest BCUT2D eigenvalue weighted by Gasteiger charge is 2.27. The minimum absolute atomic E-state index is 0.131. The highest BCUT2D eigenvalue weighted by Crippen LogP contribution is 2.34. The van der Waals surface area contributed by atoms with Crippen molar-refractivity contribution in [1.29, 1.82) is 0 Å². The fraction of sp³-hybridized carbons (Fsp3) is 0.222. The van der Waals surface area contributed by atoms with Crippen LogP contribution in [0.3, 0.4) is 0 Å². The smallest absolute Gasteiger partial charge is 0.412 e. The summed E-state index contributed by atoms with van der Waals surface area (Å²) in [5.74, 6) is 0.947. The number of amides is 1. The van der Waals surface area contributed by atoms with Crippen molar-refractivity contribution < 1.29 is 14.3 Å². The van der Waals surface area contributed by atoms with Crippen LogP contribution in [-0.2, 0) is 15.9 Å². The number of aromatic amines is 1. The lowest BCUT2D eigenvalue weighted by Crippen LogP contribution is -2.23. The molecule has 13 nitrogen and oxygen atoms in total. The van der Waals surface area contributed by atoms with Crippen molar-refractivity contribution in [3.05, 3.63) is 87.9 Å². The first-order chi connectivity index (χ1) is 20.0. The molecule has 1 aromatic carbocycles. The number of rotatable bonds is 8. The molecule has 6 rings (SSSR count). The summed E-state index contributed by atoms with van der Waals surface area (Å²) in [6, 6.07) is 12.2. The lowest BCUT2D eigenvalue weighted by atomic mass is 10.0. The Morgan fingerprint density at radius 2 is 2.02 bits per heavy atom. The number of fused-ring (bicyclic) bond motifs is 1. The number of carbonyl (C=O) groups excluding carboxylic acids is 1. The zero-order valence-electron chi connectivity index (χ0n) is 21.8. The number of hydrogen-bond acceptors (Lipinski definition) is 9. The van der Waals surface area contributed by atoms with Crippen LogP contribution in [0.15, 0.2) is 66.0 Å². The third-order valence-corrected chi connectivity index (χ3v) is 6.98. The Labute approximate surface area is 238 Å². The van der Waals surface area contributed by atoms with Gasteiger partial charge in [-0.3, -0.25) is 10.1 Å². The largest absolute Gasteiger partial charge is 0.447 e. The second-order valence-electron chi connectivity index (χ2n) is 9.29. The Morgan fingerprint density at radius 3 is 2.80 bits per heavy atom. The fourth-order valence-electron chi connectivity index (χ4n) is 4.87. The quantitative estimate of drug-likeness (QED) is 0.264. The molecular formula is C27H24ClN9O4. The number of aromatic nitrogens is 8. The van der Waals surface area contributed by atoms with Gasteiger partial charge in [-0.25, -0.2) is 14.8 Å². The van der Waals surface area contributed by atoms with Gasteiger partial charge in [0.15, 0.2) is 0 Å². The molecule has 5 aromatic rings. The predicted octanol–water partition coefficient (Wildman–Crippen LogP) is 3.66. The molecule has 1 aliphatic rings. The SMILES string of the molecule is COCCOC(=O)Nc1ccc(-c2ncc([C@@H]3CCc4cc(-c5cc(Cl)ccc5-n5cnnn5)cc(=O)n43)[nH]2)cn1. The van der Waals surface area contributed by atoms with Gasteiger partial charge in [0, 0.05) is 41.2 Å². The molecule has 0 fully saturated rings. The van der Waals surface area contributed by atoms with E-state index in [4.69, 9.17) is 21.1 Å². The molecule has 5 heterocycles. The van der Waals surface area contributed by atoms with E-state index in [-0.39, 0.29) is 18.2 Å².